The fraction of sp³-hybridized carbons (Fsp3) is 0.333. The third kappa shape index (κ3) is 4.24. The Morgan fingerprint density at radius 2 is 2.03 bits per heavy atom. The Hall–Kier alpha value is -3.12. The number of carbonyl (C=O) groups excluding carboxylic acids is 1. The summed E-state index contributed by atoms with van der Waals surface area (Å²) in [5.74, 6) is 0.804. The molecule has 2 aromatic carbocycles. The lowest BCUT2D eigenvalue weighted by atomic mass is 10.0. The highest BCUT2D eigenvalue weighted by molar-refractivity contribution is 5.84. The lowest BCUT2D eigenvalue weighted by Gasteiger charge is -2.17. The Labute approximate surface area is 174 Å². The average Bonchev–Trinajstić information content (AvgIpc) is 3.26. The molecule has 1 aliphatic heterocycles. The summed E-state index contributed by atoms with van der Waals surface area (Å²) in [6.45, 7) is 4.70. The van der Waals surface area contributed by atoms with Crippen LogP contribution in [0.4, 0.5) is 0 Å². The van der Waals surface area contributed by atoms with E-state index in [1.807, 2.05) is 30.3 Å². The van der Waals surface area contributed by atoms with Crippen LogP contribution in [0.15, 0.2) is 57.7 Å². The van der Waals surface area contributed by atoms with Gasteiger partial charge in [-0.1, -0.05) is 30.3 Å². The first-order valence-electron chi connectivity index (χ1n) is 10.2. The summed E-state index contributed by atoms with van der Waals surface area (Å²) in [4.78, 5) is 25.3. The number of fused-ring (bicyclic) bond motifs is 1. The van der Waals surface area contributed by atoms with Crippen molar-refractivity contribution in [3.05, 3.63) is 64.5 Å². The van der Waals surface area contributed by atoms with Crippen molar-refractivity contribution in [3.8, 4) is 16.9 Å². The van der Waals surface area contributed by atoms with Crippen LogP contribution < -0.4 is 15.5 Å². The molecule has 0 bridgehead atoms. The van der Waals surface area contributed by atoms with Gasteiger partial charge in [0.1, 0.15) is 17.1 Å². The molecule has 1 N–H and O–H groups in total. The van der Waals surface area contributed by atoms with Crippen LogP contribution in [0.3, 0.4) is 0 Å². The number of hydrogen-bond donors (Lipinski definition) is 1. The highest BCUT2D eigenvalue weighted by Gasteiger charge is 2.20. The molecule has 0 unspecified atom stereocenters. The van der Waals surface area contributed by atoms with Gasteiger partial charge in [-0.25, -0.2) is 0 Å². The number of hydrogen-bond acceptors (Lipinski definition) is 5. The molecule has 1 saturated heterocycles. The molecule has 0 radical (unpaired) electrons. The summed E-state index contributed by atoms with van der Waals surface area (Å²) in [6.07, 6.45) is 1.39. The van der Waals surface area contributed by atoms with Gasteiger partial charge in [0.15, 0.2) is 6.10 Å². The van der Waals surface area contributed by atoms with Crippen molar-refractivity contribution in [1.29, 1.82) is 0 Å². The highest BCUT2D eigenvalue weighted by atomic mass is 16.5. The van der Waals surface area contributed by atoms with Crippen LogP contribution in [-0.2, 0) is 9.53 Å². The molecule has 1 amide bonds. The molecule has 2 heterocycles. The summed E-state index contributed by atoms with van der Waals surface area (Å²) in [7, 11) is 0. The quantitative estimate of drug-likeness (QED) is 0.672. The van der Waals surface area contributed by atoms with E-state index >= 15 is 0 Å². The van der Waals surface area contributed by atoms with Crippen LogP contribution in [0, 0.1) is 6.92 Å². The summed E-state index contributed by atoms with van der Waals surface area (Å²) in [5.41, 5.74) is 1.72. The number of benzene rings is 2. The summed E-state index contributed by atoms with van der Waals surface area (Å²) in [5, 5.41) is 3.34. The standard InChI is InChI=1S/C24H25NO5/c1-15-22(17-7-4-3-5-8-17)23(26)20-11-10-18(13-21(20)30-15)29-16(2)24(27)25-14-19-9-6-12-28-19/h3-5,7-8,10-11,13,16,19H,6,9,12,14H2,1-2H3,(H,25,27)/t16-,19+/m0/s1. The predicted molar refractivity (Wildman–Crippen MR) is 115 cm³/mol. The molecule has 3 aromatic rings. The number of ether oxygens (including phenoxy) is 2. The van der Waals surface area contributed by atoms with Crippen LogP contribution in [0.2, 0.25) is 0 Å². The van der Waals surface area contributed by atoms with Crippen molar-refractivity contribution < 1.29 is 18.7 Å². The van der Waals surface area contributed by atoms with Crippen molar-refractivity contribution in [2.45, 2.75) is 38.9 Å². The monoisotopic (exact) mass is 407 g/mol. The minimum Gasteiger partial charge on any atom is -0.481 e. The van der Waals surface area contributed by atoms with Crippen LogP contribution in [0.1, 0.15) is 25.5 Å². The maximum Gasteiger partial charge on any atom is 0.260 e. The Bertz CT molecular complexity index is 1100. The van der Waals surface area contributed by atoms with Gasteiger partial charge in [-0.3, -0.25) is 9.59 Å². The minimum absolute atomic E-state index is 0.0814. The van der Waals surface area contributed by atoms with Gasteiger partial charge in [-0.15, -0.1) is 0 Å². The predicted octanol–water partition coefficient (Wildman–Crippen LogP) is 3.83. The van der Waals surface area contributed by atoms with E-state index in [1.54, 1.807) is 32.0 Å². The second-order valence-corrected chi connectivity index (χ2v) is 7.53. The van der Waals surface area contributed by atoms with E-state index in [1.165, 1.54) is 0 Å². The van der Waals surface area contributed by atoms with Gasteiger partial charge in [0, 0.05) is 19.2 Å². The van der Waals surface area contributed by atoms with Gasteiger partial charge in [-0.05, 0) is 44.4 Å². The Kier molecular flexibility index (Phi) is 5.86. The van der Waals surface area contributed by atoms with Crippen LogP contribution in [0.5, 0.6) is 5.75 Å². The van der Waals surface area contributed by atoms with Crippen molar-refractivity contribution in [3.63, 3.8) is 0 Å². The molecule has 1 aliphatic rings. The zero-order valence-electron chi connectivity index (χ0n) is 17.1. The molecule has 1 aromatic heterocycles. The van der Waals surface area contributed by atoms with Gasteiger partial charge in [0.2, 0.25) is 5.43 Å². The van der Waals surface area contributed by atoms with Gasteiger partial charge >= 0.3 is 0 Å². The van der Waals surface area contributed by atoms with Crippen molar-refractivity contribution >= 4 is 16.9 Å². The summed E-state index contributed by atoms with van der Waals surface area (Å²) >= 11 is 0. The SMILES string of the molecule is Cc1oc2cc(O[C@@H](C)C(=O)NC[C@H]3CCCO3)ccc2c(=O)c1-c1ccccc1. The normalized spacial score (nSPS) is 17.1. The van der Waals surface area contributed by atoms with E-state index in [0.29, 0.717) is 34.6 Å². The second-order valence-electron chi connectivity index (χ2n) is 7.53. The molecule has 6 heteroatoms. The van der Waals surface area contributed by atoms with Gasteiger partial charge < -0.3 is 19.2 Å². The van der Waals surface area contributed by atoms with Gasteiger partial charge in [0.05, 0.1) is 17.1 Å². The highest BCUT2D eigenvalue weighted by Crippen LogP contribution is 2.26. The molecule has 2 atom stereocenters. The number of carbonyl (C=O) groups is 1. The molecule has 0 saturated carbocycles. The third-order valence-corrected chi connectivity index (χ3v) is 5.31. The number of amides is 1. The van der Waals surface area contributed by atoms with E-state index < -0.39 is 6.10 Å². The molecule has 0 aliphatic carbocycles. The molecule has 30 heavy (non-hydrogen) atoms. The maximum atomic E-state index is 13.0. The smallest absolute Gasteiger partial charge is 0.260 e. The first-order chi connectivity index (χ1) is 14.5. The van der Waals surface area contributed by atoms with Crippen molar-refractivity contribution in [2.24, 2.45) is 0 Å². The van der Waals surface area contributed by atoms with Crippen LogP contribution in [0.25, 0.3) is 22.1 Å². The molecule has 156 valence electrons. The zero-order chi connectivity index (χ0) is 21.1. The van der Waals surface area contributed by atoms with E-state index in [-0.39, 0.29) is 17.4 Å². The largest absolute Gasteiger partial charge is 0.481 e. The molecular weight excluding hydrogens is 382 g/mol. The van der Waals surface area contributed by atoms with Gasteiger partial charge in [0.25, 0.3) is 5.91 Å². The molecule has 0 spiro atoms. The van der Waals surface area contributed by atoms with Crippen LogP contribution >= 0.6 is 0 Å². The topological polar surface area (TPSA) is 77.8 Å². The first kappa shape index (κ1) is 20.2. The molecule has 1 fully saturated rings. The average molecular weight is 407 g/mol. The fourth-order valence-electron chi connectivity index (χ4n) is 3.72. The van der Waals surface area contributed by atoms with Gasteiger partial charge in [-0.2, -0.15) is 0 Å². The van der Waals surface area contributed by atoms with E-state index in [4.69, 9.17) is 13.9 Å². The summed E-state index contributed by atoms with van der Waals surface area (Å²) < 4.78 is 17.2. The third-order valence-electron chi connectivity index (χ3n) is 5.31. The molecule has 6 nitrogen and oxygen atoms in total. The Morgan fingerprint density at radius 3 is 2.77 bits per heavy atom. The number of aryl methyl sites for hydroxylation is 1. The van der Waals surface area contributed by atoms with Crippen LogP contribution in [-0.4, -0.2) is 31.3 Å². The van der Waals surface area contributed by atoms with E-state index in [9.17, 15) is 9.59 Å². The Morgan fingerprint density at radius 1 is 1.23 bits per heavy atom. The number of rotatable bonds is 6. The lowest BCUT2D eigenvalue weighted by Crippen LogP contribution is -2.40. The number of nitrogens with one attached hydrogen (secondary N) is 1. The lowest BCUT2D eigenvalue weighted by molar-refractivity contribution is -0.127. The zero-order valence-corrected chi connectivity index (χ0v) is 17.1. The maximum absolute atomic E-state index is 13.0. The van der Waals surface area contributed by atoms with E-state index in [2.05, 4.69) is 5.32 Å². The van der Waals surface area contributed by atoms with Crippen molar-refractivity contribution in [1.82, 2.24) is 5.32 Å². The Balaban J connectivity index is 1.52. The second kappa shape index (κ2) is 8.71. The fourth-order valence-corrected chi connectivity index (χ4v) is 3.72. The van der Waals surface area contributed by atoms with E-state index in [0.717, 1.165) is 25.0 Å². The minimum atomic E-state index is -0.680. The summed E-state index contributed by atoms with van der Waals surface area (Å²) in [6, 6.07) is 14.5. The van der Waals surface area contributed by atoms with Crippen molar-refractivity contribution in [2.75, 3.05) is 13.2 Å². The first-order valence-corrected chi connectivity index (χ1v) is 10.2. The molecular formula is C24H25NO5. The molecule has 4 rings (SSSR count).